The molecule has 2 fully saturated rings. The zero-order valence-corrected chi connectivity index (χ0v) is 16.4. The molecule has 2 aliphatic rings. The molecule has 2 saturated heterocycles. The fourth-order valence-electron chi connectivity index (χ4n) is 4.02. The van der Waals surface area contributed by atoms with Crippen LogP contribution in [-0.4, -0.2) is 53.8 Å². The number of carbonyl (C=O) groups excluding carboxylic acids is 2. The molecule has 2 atom stereocenters. The summed E-state index contributed by atoms with van der Waals surface area (Å²) in [5.74, 6) is 0.763. The van der Waals surface area contributed by atoms with Crippen LogP contribution in [0.25, 0.3) is 0 Å². The Morgan fingerprint density at radius 3 is 2.92 bits per heavy atom. The Labute approximate surface area is 160 Å². The first-order valence-corrected chi connectivity index (χ1v) is 9.88. The van der Waals surface area contributed by atoms with E-state index in [9.17, 15) is 9.59 Å². The van der Waals surface area contributed by atoms with E-state index in [-0.39, 0.29) is 30.3 Å². The van der Waals surface area contributed by atoms with Crippen molar-refractivity contribution in [3.05, 3.63) is 21.9 Å². The van der Waals surface area contributed by atoms with E-state index in [0.717, 1.165) is 44.3 Å². The standard InChI is InChI=1S/C18H27N3O2S.ClH/c1-2-3-15-10-14(12-24-15)18(23)20-8-6-16-13(11-20)4-5-17(22)21(16)9-7-19;/h10,12-13,16H,2-9,11,19H2,1H3;1H/t13-,16+;/m0./s1. The number of thiophene rings is 1. The van der Waals surface area contributed by atoms with Crippen LogP contribution in [0.4, 0.5) is 0 Å². The normalized spacial score (nSPS) is 23.2. The number of fused-ring (bicyclic) bond motifs is 1. The molecule has 0 spiro atoms. The van der Waals surface area contributed by atoms with E-state index < -0.39 is 0 Å². The first-order chi connectivity index (χ1) is 11.6. The molecule has 7 heteroatoms. The van der Waals surface area contributed by atoms with Crippen molar-refractivity contribution in [2.24, 2.45) is 11.7 Å². The van der Waals surface area contributed by atoms with E-state index >= 15 is 0 Å². The van der Waals surface area contributed by atoms with E-state index in [1.54, 1.807) is 11.3 Å². The molecule has 2 aliphatic heterocycles. The van der Waals surface area contributed by atoms with E-state index in [0.29, 0.717) is 25.4 Å². The van der Waals surface area contributed by atoms with Gasteiger partial charge in [0, 0.05) is 48.9 Å². The van der Waals surface area contributed by atoms with Gasteiger partial charge in [0.15, 0.2) is 0 Å². The van der Waals surface area contributed by atoms with Crippen molar-refractivity contribution in [2.45, 2.75) is 45.1 Å². The Hall–Kier alpha value is -1.11. The number of likely N-dealkylation sites (tertiary alicyclic amines) is 2. The van der Waals surface area contributed by atoms with Crippen molar-refractivity contribution in [3.8, 4) is 0 Å². The zero-order valence-electron chi connectivity index (χ0n) is 14.8. The van der Waals surface area contributed by atoms with Gasteiger partial charge < -0.3 is 15.5 Å². The molecule has 1 aromatic rings. The van der Waals surface area contributed by atoms with Gasteiger partial charge in [-0.1, -0.05) is 13.3 Å². The van der Waals surface area contributed by atoms with Crippen LogP contribution >= 0.6 is 23.7 Å². The molecule has 3 rings (SSSR count). The second-order valence-corrected chi connectivity index (χ2v) is 7.83. The molecular weight excluding hydrogens is 358 g/mol. The monoisotopic (exact) mass is 385 g/mol. The maximum Gasteiger partial charge on any atom is 0.254 e. The van der Waals surface area contributed by atoms with E-state index in [1.807, 2.05) is 21.2 Å². The first-order valence-electron chi connectivity index (χ1n) is 9.00. The van der Waals surface area contributed by atoms with Crippen LogP contribution in [0, 0.1) is 5.92 Å². The summed E-state index contributed by atoms with van der Waals surface area (Å²) in [6.07, 6.45) is 4.49. The van der Waals surface area contributed by atoms with Crippen LogP contribution in [0.3, 0.4) is 0 Å². The highest BCUT2D eigenvalue weighted by Gasteiger charge is 2.40. The second-order valence-electron chi connectivity index (χ2n) is 6.83. The van der Waals surface area contributed by atoms with Crippen molar-refractivity contribution in [3.63, 3.8) is 0 Å². The lowest BCUT2D eigenvalue weighted by Crippen LogP contribution is -2.57. The van der Waals surface area contributed by atoms with Crippen molar-refractivity contribution in [1.82, 2.24) is 9.80 Å². The average Bonchev–Trinajstić information content (AvgIpc) is 3.05. The van der Waals surface area contributed by atoms with Crippen molar-refractivity contribution >= 4 is 35.6 Å². The molecule has 2 amide bonds. The minimum Gasteiger partial charge on any atom is -0.338 e. The van der Waals surface area contributed by atoms with Gasteiger partial charge in [-0.2, -0.15) is 0 Å². The number of amides is 2. The second kappa shape index (κ2) is 9.01. The SMILES string of the molecule is CCCc1cc(C(=O)N2CC[C@@H]3[C@@H](CCC(=O)N3CCN)C2)cs1.Cl. The minimum absolute atomic E-state index is 0. The lowest BCUT2D eigenvalue weighted by atomic mass is 9.83. The average molecular weight is 386 g/mol. The summed E-state index contributed by atoms with van der Waals surface area (Å²) < 4.78 is 0. The number of hydrogen-bond donors (Lipinski definition) is 1. The molecule has 0 aromatic carbocycles. The van der Waals surface area contributed by atoms with Crippen LogP contribution in [0.15, 0.2) is 11.4 Å². The minimum atomic E-state index is 0. The molecule has 0 aliphatic carbocycles. The third-order valence-electron chi connectivity index (χ3n) is 5.20. The zero-order chi connectivity index (χ0) is 17.1. The van der Waals surface area contributed by atoms with Crippen molar-refractivity contribution < 1.29 is 9.59 Å². The topological polar surface area (TPSA) is 66.6 Å². The number of halogens is 1. The highest BCUT2D eigenvalue weighted by Crippen LogP contribution is 2.32. The van der Waals surface area contributed by atoms with Crippen LogP contribution in [0.5, 0.6) is 0 Å². The quantitative estimate of drug-likeness (QED) is 0.846. The molecule has 25 heavy (non-hydrogen) atoms. The number of hydrogen-bond acceptors (Lipinski definition) is 4. The van der Waals surface area contributed by atoms with Gasteiger partial charge in [-0.05, 0) is 31.2 Å². The number of aryl methyl sites for hydroxylation is 1. The molecule has 0 radical (unpaired) electrons. The number of nitrogens with two attached hydrogens (primary N) is 1. The van der Waals surface area contributed by atoms with E-state index in [4.69, 9.17) is 5.73 Å². The maximum atomic E-state index is 12.8. The van der Waals surface area contributed by atoms with E-state index in [2.05, 4.69) is 6.92 Å². The first kappa shape index (κ1) is 20.2. The molecule has 2 N–H and O–H groups in total. The third-order valence-corrected chi connectivity index (χ3v) is 6.19. The Morgan fingerprint density at radius 1 is 1.40 bits per heavy atom. The van der Waals surface area contributed by atoms with Gasteiger partial charge in [0.05, 0.1) is 5.56 Å². The van der Waals surface area contributed by atoms with Crippen LogP contribution in [-0.2, 0) is 11.2 Å². The maximum absolute atomic E-state index is 12.8. The summed E-state index contributed by atoms with van der Waals surface area (Å²) in [4.78, 5) is 30.2. The smallest absolute Gasteiger partial charge is 0.254 e. The molecule has 140 valence electrons. The molecule has 0 bridgehead atoms. The predicted octanol–water partition coefficient (Wildman–Crippen LogP) is 2.53. The Bertz CT molecular complexity index is 607. The molecule has 0 saturated carbocycles. The van der Waals surface area contributed by atoms with Gasteiger partial charge in [-0.15, -0.1) is 23.7 Å². The van der Waals surface area contributed by atoms with Crippen molar-refractivity contribution in [2.75, 3.05) is 26.2 Å². The number of nitrogens with zero attached hydrogens (tertiary/aromatic N) is 2. The summed E-state index contributed by atoms with van der Waals surface area (Å²) in [5.41, 5.74) is 6.49. The number of piperidine rings is 2. The molecule has 0 unspecified atom stereocenters. The molecule has 5 nitrogen and oxygen atoms in total. The van der Waals surface area contributed by atoms with Crippen molar-refractivity contribution in [1.29, 1.82) is 0 Å². The molecule has 3 heterocycles. The Balaban J connectivity index is 0.00000225. The van der Waals surface area contributed by atoms with Gasteiger partial charge in [0.1, 0.15) is 0 Å². The van der Waals surface area contributed by atoms with Gasteiger partial charge in [0.25, 0.3) is 5.91 Å². The Kier molecular flexibility index (Phi) is 7.28. The largest absolute Gasteiger partial charge is 0.338 e. The van der Waals surface area contributed by atoms with Gasteiger partial charge in [-0.3, -0.25) is 9.59 Å². The predicted molar refractivity (Wildman–Crippen MR) is 103 cm³/mol. The van der Waals surface area contributed by atoms with Crippen LogP contribution in [0.2, 0.25) is 0 Å². The highest BCUT2D eigenvalue weighted by molar-refractivity contribution is 7.10. The summed E-state index contributed by atoms with van der Waals surface area (Å²) in [5, 5.41) is 1.99. The fraction of sp³-hybridized carbons (Fsp3) is 0.667. The third kappa shape index (κ3) is 4.36. The molecular formula is C18H28ClN3O2S. The summed E-state index contributed by atoms with van der Waals surface area (Å²) >= 11 is 1.68. The lowest BCUT2D eigenvalue weighted by Gasteiger charge is -2.47. The molecule has 1 aromatic heterocycles. The summed E-state index contributed by atoms with van der Waals surface area (Å²) in [6, 6.07) is 2.31. The van der Waals surface area contributed by atoms with Crippen LogP contribution < -0.4 is 5.73 Å². The Morgan fingerprint density at radius 2 is 2.20 bits per heavy atom. The van der Waals surface area contributed by atoms with Gasteiger partial charge in [0.2, 0.25) is 5.91 Å². The lowest BCUT2D eigenvalue weighted by molar-refractivity contribution is -0.140. The summed E-state index contributed by atoms with van der Waals surface area (Å²) in [6.45, 7) is 4.79. The number of carbonyl (C=O) groups is 2. The highest BCUT2D eigenvalue weighted by atomic mass is 35.5. The number of rotatable bonds is 5. The van der Waals surface area contributed by atoms with E-state index in [1.165, 1.54) is 4.88 Å². The van der Waals surface area contributed by atoms with Crippen LogP contribution in [0.1, 0.15) is 47.8 Å². The van der Waals surface area contributed by atoms with Gasteiger partial charge >= 0.3 is 0 Å². The van der Waals surface area contributed by atoms with Gasteiger partial charge in [-0.25, -0.2) is 0 Å². The summed E-state index contributed by atoms with van der Waals surface area (Å²) in [7, 11) is 0. The fourth-order valence-corrected chi connectivity index (χ4v) is 4.98.